The van der Waals surface area contributed by atoms with E-state index in [-0.39, 0.29) is 11.6 Å². The zero-order valence-corrected chi connectivity index (χ0v) is 15.1. The van der Waals surface area contributed by atoms with Crippen LogP contribution >= 0.6 is 0 Å². The molecule has 3 rings (SSSR count). The molecule has 0 unspecified atom stereocenters. The molecule has 0 heterocycles. The molecule has 0 saturated carbocycles. The van der Waals surface area contributed by atoms with Crippen LogP contribution in [0.4, 0.5) is 0 Å². The summed E-state index contributed by atoms with van der Waals surface area (Å²) in [7, 11) is 0. The molecule has 0 aliphatic rings. The summed E-state index contributed by atoms with van der Waals surface area (Å²) < 4.78 is 0. The maximum atomic E-state index is 13.2. The van der Waals surface area contributed by atoms with E-state index in [0.717, 1.165) is 27.5 Å². The first kappa shape index (κ1) is 17.1. The second-order valence-corrected chi connectivity index (χ2v) is 6.88. The number of Topliss-reactive ketones (excluding diaryl/α,β-unsaturated/α-hetero) is 1. The predicted molar refractivity (Wildman–Crippen MR) is 102 cm³/mol. The van der Waals surface area contributed by atoms with Gasteiger partial charge < -0.3 is 0 Å². The van der Waals surface area contributed by atoms with Gasteiger partial charge in [-0.2, -0.15) is 0 Å². The molecule has 126 valence electrons. The van der Waals surface area contributed by atoms with Gasteiger partial charge in [0.05, 0.1) is 0 Å². The topological polar surface area (TPSA) is 34.1 Å². The second-order valence-electron chi connectivity index (χ2n) is 6.88. The number of hydrogen-bond acceptors (Lipinski definition) is 2. The summed E-state index contributed by atoms with van der Waals surface area (Å²) >= 11 is 0. The van der Waals surface area contributed by atoms with Gasteiger partial charge in [-0.3, -0.25) is 9.59 Å². The Labute approximate surface area is 148 Å². The quantitative estimate of drug-likeness (QED) is 0.622. The highest BCUT2D eigenvalue weighted by Gasteiger charge is 2.15. The van der Waals surface area contributed by atoms with Gasteiger partial charge >= 0.3 is 0 Å². The average Bonchev–Trinajstić information content (AvgIpc) is 2.54. The monoisotopic (exact) mass is 330 g/mol. The second kappa shape index (κ2) is 6.64. The maximum absolute atomic E-state index is 13.2. The molecule has 2 nitrogen and oxygen atoms in total. The van der Waals surface area contributed by atoms with Crippen molar-refractivity contribution < 1.29 is 9.59 Å². The van der Waals surface area contributed by atoms with Crippen molar-refractivity contribution in [1.29, 1.82) is 0 Å². The fraction of sp³-hybridized carbons (Fsp3) is 0.217. The van der Waals surface area contributed by atoms with E-state index in [1.54, 1.807) is 6.92 Å². The van der Waals surface area contributed by atoms with E-state index in [2.05, 4.69) is 26.0 Å². The molecule has 0 aliphatic heterocycles. The van der Waals surface area contributed by atoms with E-state index in [1.807, 2.05) is 43.3 Å². The Hall–Kier alpha value is -2.74. The highest BCUT2D eigenvalue weighted by atomic mass is 16.1. The summed E-state index contributed by atoms with van der Waals surface area (Å²) in [5, 5.41) is 1.96. The minimum absolute atomic E-state index is 0.00218. The van der Waals surface area contributed by atoms with E-state index < -0.39 is 0 Å². The SMILES string of the molecule is CC(=O)Cc1cc(C(=O)c2cccc(C)c2)c2cc(C)c(C)cc2c1. The van der Waals surface area contributed by atoms with Crippen molar-refractivity contribution in [2.24, 2.45) is 0 Å². The molecule has 2 heteroatoms. The molecule has 25 heavy (non-hydrogen) atoms. The number of aryl methyl sites for hydroxylation is 3. The average molecular weight is 330 g/mol. The Morgan fingerprint density at radius 1 is 0.880 bits per heavy atom. The van der Waals surface area contributed by atoms with Crippen LogP contribution in [0, 0.1) is 20.8 Å². The van der Waals surface area contributed by atoms with Crippen LogP contribution in [0.5, 0.6) is 0 Å². The van der Waals surface area contributed by atoms with Crippen molar-refractivity contribution in [2.45, 2.75) is 34.1 Å². The number of hydrogen-bond donors (Lipinski definition) is 0. The van der Waals surface area contributed by atoms with Gasteiger partial charge in [-0.15, -0.1) is 0 Å². The van der Waals surface area contributed by atoms with E-state index in [4.69, 9.17) is 0 Å². The molecule has 3 aromatic carbocycles. The van der Waals surface area contributed by atoms with Crippen LogP contribution in [-0.2, 0) is 11.2 Å². The molecule has 0 spiro atoms. The van der Waals surface area contributed by atoms with Crippen molar-refractivity contribution in [3.8, 4) is 0 Å². The summed E-state index contributed by atoms with van der Waals surface area (Å²) in [5.74, 6) is 0.0968. The third kappa shape index (κ3) is 3.53. The van der Waals surface area contributed by atoms with Crippen LogP contribution in [0.15, 0.2) is 48.5 Å². The lowest BCUT2D eigenvalue weighted by atomic mass is 9.91. The number of rotatable bonds is 4. The van der Waals surface area contributed by atoms with Crippen LogP contribution in [0.2, 0.25) is 0 Å². The lowest BCUT2D eigenvalue weighted by Gasteiger charge is -2.12. The van der Waals surface area contributed by atoms with Gasteiger partial charge in [0.25, 0.3) is 0 Å². The largest absolute Gasteiger partial charge is 0.300 e. The summed E-state index contributed by atoms with van der Waals surface area (Å²) in [4.78, 5) is 24.7. The fourth-order valence-electron chi connectivity index (χ4n) is 3.21. The van der Waals surface area contributed by atoms with Crippen LogP contribution in [-0.4, -0.2) is 11.6 Å². The number of ketones is 2. The lowest BCUT2D eigenvalue weighted by Crippen LogP contribution is -2.06. The lowest BCUT2D eigenvalue weighted by molar-refractivity contribution is -0.116. The molecule has 0 saturated heterocycles. The van der Waals surface area contributed by atoms with Gasteiger partial charge in [0, 0.05) is 17.5 Å². The van der Waals surface area contributed by atoms with Crippen molar-refractivity contribution in [3.63, 3.8) is 0 Å². The van der Waals surface area contributed by atoms with Gasteiger partial charge in [-0.05, 0) is 67.3 Å². The summed E-state index contributed by atoms with van der Waals surface area (Å²) in [6, 6.07) is 15.7. The van der Waals surface area contributed by atoms with Gasteiger partial charge in [0.1, 0.15) is 5.78 Å². The zero-order valence-electron chi connectivity index (χ0n) is 15.1. The molecule has 0 fully saturated rings. The third-order valence-corrected chi connectivity index (χ3v) is 4.60. The van der Waals surface area contributed by atoms with Crippen molar-refractivity contribution in [1.82, 2.24) is 0 Å². The molecule has 0 bridgehead atoms. The van der Waals surface area contributed by atoms with Gasteiger partial charge in [-0.1, -0.05) is 42.0 Å². The normalized spacial score (nSPS) is 10.9. The first-order chi connectivity index (χ1) is 11.8. The first-order valence-electron chi connectivity index (χ1n) is 8.50. The number of carbonyl (C=O) groups is 2. The van der Waals surface area contributed by atoms with Gasteiger partial charge in [0.15, 0.2) is 5.78 Å². The first-order valence-corrected chi connectivity index (χ1v) is 8.50. The number of carbonyl (C=O) groups excluding carboxylic acids is 2. The van der Waals surface area contributed by atoms with Crippen LogP contribution in [0.25, 0.3) is 10.8 Å². The maximum Gasteiger partial charge on any atom is 0.193 e. The Morgan fingerprint density at radius 2 is 1.60 bits per heavy atom. The fourth-order valence-corrected chi connectivity index (χ4v) is 3.21. The number of benzene rings is 3. The third-order valence-electron chi connectivity index (χ3n) is 4.60. The van der Waals surface area contributed by atoms with Gasteiger partial charge in [-0.25, -0.2) is 0 Å². The molecule has 0 aliphatic carbocycles. The Kier molecular flexibility index (Phi) is 4.54. The predicted octanol–water partition coefficient (Wildman–Crippen LogP) is 5.13. The summed E-state index contributed by atoms with van der Waals surface area (Å²) in [6.07, 6.45) is 0.344. The summed E-state index contributed by atoms with van der Waals surface area (Å²) in [6.45, 7) is 7.68. The standard InChI is InChI=1S/C23H22O2/c1-14-6-5-7-19(8-14)23(25)22-13-18(11-17(4)24)12-20-9-15(2)16(3)10-21(20)22/h5-10,12-13H,11H2,1-4H3. The van der Waals surface area contributed by atoms with Crippen LogP contribution in [0.1, 0.15) is 45.1 Å². The van der Waals surface area contributed by atoms with Crippen molar-refractivity contribution >= 4 is 22.3 Å². The number of fused-ring (bicyclic) bond motifs is 1. The smallest absolute Gasteiger partial charge is 0.193 e. The molecule has 0 radical (unpaired) electrons. The Bertz CT molecular complexity index is 996. The highest BCUT2D eigenvalue weighted by molar-refractivity contribution is 6.17. The minimum Gasteiger partial charge on any atom is -0.300 e. The minimum atomic E-state index is 0.00218. The molecule has 0 N–H and O–H groups in total. The van der Waals surface area contributed by atoms with Gasteiger partial charge in [0.2, 0.25) is 0 Å². The molecule has 0 atom stereocenters. The molecular weight excluding hydrogens is 308 g/mol. The van der Waals surface area contributed by atoms with Crippen LogP contribution < -0.4 is 0 Å². The Morgan fingerprint density at radius 3 is 2.28 bits per heavy atom. The molecule has 3 aromatic rings. The molecule has 0 amide bonds. The van der Waals surface area contributed by atoms with Crippen molar-refractivity contribution in [3.05, 3.63) is 81.9 Å². The van der Waals surface area contributed by atoms with Crippen LogP contribution in [0.3, 0.4) is 0 Å². The van der Waals surface area contributed by atoms with E-state index >= 15 is 0 Å². The van der Waals surface area contributed by atoms with E-state index in [1.165, 1.54) is 5.56 Å². The highest BCUT2D eigenvalue weighted by Crippen LogP contribution is 2.27. The van der Waals surface area contributed by atoms with Crippen molar-refractivity contribution in [2.75, 3.05) is 0 Å². The zero-order chi connectivity index (χ0) is 18.1. The molecular formula is C23H22O2. The van der Waals surface area contributed by atoms with E-state index in [0.29, 0.717) is 17.5 Å². The Balaban J connectivity index is 2.25. The molecule has 0 aromatic heterocycles. The van der Waals surface area contributed by atoms with E-state index in [9.17, 15) is 9.59 Å². The summed E-state index contributed by atoms with van der Waals surface area (Å²) in [5.41, 5.74) is 5.63.